The van der Waals surface area contributed by atoms with Crippen molar-refractivity contribution >= 4 is 23.0 Å². The molecule has 3 aromatic rings. The zero-order valence-corrected chi connectivity index (χ0v) is 13.6. The number of nitrogens with two attached hydrogens (primary N) is 1. The molecule has 0 unspecified atom stereocenters. The van der Waals surface area contributed by atoms with Gasteiger partial charge in [-0.2, -0.15) is 5.26 Å². The third-order valence-corrected chi connectivity index (χ3v) is 3.83. The zero-order valence-electron chi connectivity index (χ0n) is 13.6. The summed E-state index contributed by atoms with van der Waals surface area (Å²) in [5, 5.41) is 9.39. The predicted molar refractivity (Wildman–Crippen MR) is 94.2 cm³/mol. The number of carbonyl (C=O) groups is 1. The van der Waals surface area contributed by atoms with Crippen LogP contribution < -0.4 is 11.3 Å². The van der Waals surface area contributed by atoms with Crippen molar-refractivity contribution in [3.05, 3.63) is 58.5 Å². The number of halogens is 1. The average Bonchev–Trinajstić information content (AvgIpc) is 3.03. The minimum absolute atomic E-state index is 0.0972. The van der Waals surface area contributed by atoms with Crippen LogP contribution in [0.2, 0.25) is 0 Å². The first-order valence-corrected chi connectivity index (χ1v) is 7.71. The smallest absolute Gasteiger partial charge is 0.286 e. The van der Waals surface area contributed by atoms with Crippen LogP contribution in [0.1, 0.15) is 12.0 Å². The lowest BCUT2D eigenvalue weighted by Crippen LogP contribution is -2.22. The molecule has 7 nitrogen and oxygen atoms in total. The molecule has 0 saturated carbocycles. The Labute approximate surface area is 147 Å². The van der Waals surface area contributed by atoms with Gasteiger partial charge in [0.2, 0.25) is 5.91 Å². The minimum Gasteiger partial charge on any atom is -0.366 e. The van der Waals surface area contributed by atoms with E-state index >= 15 is 0 Å². The van der Waals surface area contributed by atoms with Crippen molar-refractivity contribution in [2.45, 2.75) is 13.0 Å². The molecule has 3 heterocycles. The molecule has 0 radical (unpaired) electrons. The Hall–Kier alpha value is -3.73. The SMILES string of the molecule is N#CCCn1cc(-c2cnc3[nH]cc(/C=C/C(N)=O)c3c2)cc(F)c1=O. The highest BCUT2D eigenvalue weighted by atomic mass is 19.1. The first kappa shape index (κ1) is 17.1. The first-order chi connectivity index (χ1) is 12.5. The van der Waals surface area contributed by atoms with E-state index in [-0.39, 0.29) is 13.0 Å². The molecular weight excluding hydrogens is 337 g/mol. The molecule has 0 spiro atoms. The van der Waals surface area contributed by atoms with E-state index in [0.717, 1.165) is 11.5 Å². The molecule has 0 aliphatic carbocycles. The largest absolute Gasteiger partial charge is 0.366 e. The van der Waals surface area contributed by atoms with E-state index in [1.54, 1.807) is 24.5 Å². The molecule has 0 atom stereocenters. The average molecular weight is 351 g/mol. The van der Waals surface area contributed by atoms with Crippen molar-refractivity contribution < 1.29 is 9.18 Å². The van der Waals surface area contributed by atoms with Gasteiger partial charge in [-0.15, -0.1) is 0 Å². The van der Waals surface area contributed by atoms with Crippen molar-refractivity contribution in [3.63, 3.8) is 0 Å². The van der Waals surface area contributed by atoms with Gasteiger partial charge in [0, 0.05) is 53.3 Å². The number of amides is 1. The molecule has 0 bridgehead atoms. The number of nitrogens with zero attached hydrogens (tertiary/aromatic N) is 3. The number of hydrogen-bond donors (Lipinski definition) is 2. The molecule has 0 aromatic carbocycles. The third-order valence-electron chi connectivity index (χ3n) is 3.83. The molecule has 0 aliphatic rings. The van der Waals surface area contributed by atoms with E-state index in [0.29, 0.717) is 22.3 Å². The molecule has 3 aromatic heterocycles. The number of aromatic amines is 1. The van der Waals surface area contributed by atoms with Crippen molar-refractivity contribution in [3.8, 4) is 17.2 Å². The molecule has 0 aliphatic heterocycles. The van der Waals surface area contributed by atoms with Crippen LogP contribution in [-0.4, -0.2) is 20.4 Å². The first-order valence-electron chi connectivity index (χ1n) is 7.71. The second-order valence-electron chi connectivity index (χ2n) is 5.58. The Morgan fingerprint density at radius 1 is 1.42 bits per heavy atom. The van der Waals surface area contributed by atoms with Gasteiger partial charge in [0.1, 0.15) is 5.65 Å². The van der Waals surface area contributed by atoms with Gasteiger partial charge >= 0.3 is 0 Å². The van der Waals surface area contributed by atoms with Crippen LogP contribution in [0.25, 0.3) is 28.2 Å². The second kappa shape index (κ2) is 7.03. The van der Waals surface area contributed by atoms with E-state index < -0.39 is 17.3 Å². The summed E-state index contributed by atoms with van der Waals surface area (Å²) in [4.78, 5) is 30.0. The number of H-pyrrole nitrogens is 1. The van der Waals surface area contributed by atoms with Crippen LogP contribution in [0.5, 0.6) is 0 Å². The molecule has 130 valence electrons. The maximum Gasteiger partial charge on any atom is 0.286 e. The van der Waals surface area contributed by atoms with Crippen LogP contribution in [0.15, 0.2) is 41.6 Å². The summed E-state index contributed by atoms with van der Waals surface area (Å²) in [7, 11) is 0. The lowest BCUT2D eigenvalue weighted by atomic mass is 10.1. The standard InChI is InChI=1S/C18H14FN5O2/c19-15-7-13(10-24(18(15)26)5-1-4-20)12-6-14-11(2-3-16(21)25)8-22-17(14)23-9-12/h2-3,6-10H,1,5H2,(H2,21,25)(H,22,23)/b3-2+. The topological polar surface area (TPSA) is 118 Å². The number of nitriles is 1. The fraction of sp³-hybridized carbons (Fsp3) is 0.111. The predicted octanol–water partition coefficient (Wildman–Crippen LogP) is 1.94. The number of aromatic nitrogens is 3. The Morgan fingerprint density at radius 3 is 2.96 bits per heavy atom. The van der Waals surface area contributed by atoms with Crippen LogP contribution in [0.4, 0.5) is 4.39 Å². The van der Waals surface area contributed by atoms with Crippen LogP contribution in [-0.2, 0) is 11.3 Å². The van der Waals surface area contributed by atoms with Crippen molar-refractivity contribution in [2.75, 3.05) is 0 Å². The highest BCUT2D eigenvalue weighted by molar-refractivity contribution is 5.95. The van der Waals surface area contributed by atoms with Gasteiger partial charge in [0.05, 0.1) is 12.5 Å². The molecule has 0 fully saturated rings. The summed E-state index contributed by atoms with van der Waals surface area (Å²) in [5.74, 6) is -1.47. The monoisotopic (exact) mass is 351 g/mol. The summed E-state index contributed by atoms with van der Waals surface area (Å²) in [5.41, 5.74) is 6.69. The van der Waals surface area contributed by atoms with E-state index in [2.05, 4.69) is 9.97 Å². The van der Waals surface area contributed by atoms with Gasteiger partial charge in [-0.3, -0.25) is 9.59 Å². The number of rotatable bonds is 5. The van der Waals surface area contributed by atoms with E-state index in [9.17, 15) is 14.0 Å². The molecule has 1 amide bonds. The van der Waals surface area contributed by atoms with Crippen LogP contribution >= 0.6 is 0 Å². The Kier molecular flexibility index (Phi) is 4.62. The normalized spacial score (nSPS) is 11.1. The van der Waals surface area contributed by atoms with Gasteiger partial charge in [-0.05, 0) is 18.2 Å². The highest BCUT2D eigenvalue weighted by Gasteiger charge is 2.10. The van der Waals surface area contributed by atoms with Gasteiger partial charge in [0.15, 0.2) is 5.82 Å². The highest BCUT2D eigenvalue weighted by Crippen LogP contribution is 2.25. The van der Waals surface area contributed by atoms with E-state index in [4.69, 9.17) is 11.0 Å². The lowest BCUT2D eigenvalue weighted by Gasteiger charge is -2.08. The molecule has 26 heavy (non-hydrogen) atoms. The Balaban J connectivity index is 2.09. The van der Waals surface area contributed by atoms with Gasteiger partial charge in [-0.25, -0.2) is 9.37 Å². The zero-order chi connectivity index (χ0) is 18.7. The summed E-state index contributed by atoms with van der Waals surface area (Å²) in [6.45, 7) is 0.104. The summed E-state index contributed by atoms with van der Waals surface area (Å²) < 4.78 is 15.2. The van der Waals surface area contributed by atoms with E-state index in [1.807, 2.05) is 6.07 Å². The fourth-order valence-electron chi connectivity index (χ4n) is 2.59. The number of primary amides is 1. The number of pyridine rings is 2. The van der Waals surface area contributed by atoms with Gasteiger partial charge < -0.3 is 15.3 Å². The van der Waals surface area contributed by atoms with Crippen molar-refractivity contribution in [2.24, 2.45) is 5.73 Å². The Bertz CT molecular complexity index is 1120. The minimum atomic E-state index is -0.900. The molecule has 3 rings (SSSR count). The van der Waals surface area contributed by atoms with Crippen LogP contribution in [0.3, 0.4) is 0 Å². The lowest BCUT2D eigenvalue weighted by molar-refractivity contribution is -0.113. The van der Waals surface area contributed by atoms with Gasteiger partial charge in [-0.1, -0.05) is 0 Å². The number of carbonyl (C=O) groups excluding carboxylic acids is 1. The maximum absolute atomic E-state index is 14.0. The van der Waals surface area contributed by atoms with Crippen LogP contribution in [0, 0.1) is 17.1 Å². The number of nitrogens with one attached hydrogen (secondary N) is 1. The van der Waals surface area contributed by atoms with Crippen molar-refractivity contribution in [1.82, 2.24) is 14.5 Å². The molecule has 0 saturated heterocycles. The summed E-state index contributed by atoms with van der Waals surface area (Å²) in [6, 6.07) is 4.84. The number of fused-ring (bicyclic) bond motifs is 1. The van der Waals surface area contributed by atoms with Crippen molar-refractivity contribution in [1.29, 1.82) is 5.26 Å². The van der Waals surface area contributed by atoms with E-state index in [1.165, 1.54) is 16.8 Å². The Morgan fingerprint density at radius 2 is 2.23 bits per heavy atom. The molecular formula is C18H14FN5O2. The molecule has 3 N–H and O–H groups in total. The summed E-state index contributed by atoms with van der Waals surface area (Å²) >= 11 is 0. The molecule has 8 heteroatoms. The van der Waals surface area contributed by atoms with Gasteiger partial charge in [0.25, 0.3) is 5.56 Å². The quantitative estimate of drug-likeness (QED) is 0.683. The number of hydrogen-bond acceptors (Lipinski definition) is 4. The fourth-order valence-corrected chi connectivity index (χ4v) is 2.59. The summed E-state index contributed by atoms with van der Waals surface area (Å²) in [6.07, 6.45) is 7.61. The number of aryl methyl sites for hydroxylation is 1. The third kappa shape index (κ3) is 3.37. The maximum atomic E-state index is 14.0. The second-order valence-corrected chi connectivity index (χ2v) is 5.58.